The average Bonchev–Trinajstić information content (AvgIpc) is 2.61. The van der Waals surface area contributed by atoms with Gasteiger partial charge >= 0.3 is 0 Å². The SMILES string of the molecule is CCC(CC)CN(CC)CC1CCC(C)(C)C1N. The standard InChI is InChI=1S/C16H34N2/c1-6-13(7-2)11-18(8-3)12-14-9-10-16(4,5)15(14)17/h13-15H,6-12,17H2,1-5H3. The van der Waals surface area contributed by atoms with Crippen molar-refractivity contribution in [3.8, 4) is 0 Å². The fourth-order valence-electron chi connectivity index (χ4n) is 3.32. The van der Waals surface area contributed by atoms with Crippen molar-refractivity contribution in [1.82, 2.24) is 4.90 Å². The van der Waals surface area contributed by atoms with Gasteiger partial charge in [0.15, 0.2) is 0 Å². The van der Waals surface area contributed by atoms with Crippen molar-refractivity contribution < 1.29 is 0 Å². The van der Waals surface area contributed by atoms with Gasteiger partial charge in [0, 0.05) is 19.1 Å². The molecule has 0 aromatic rings. The van der Waals surface area contributed by atoms with E-state index < -0.39 is 0 Å². The summed E-state index contributed by atoms with van der Waals surface area (Å²) in [5.74, 6) is 1.56. The Morgan fingerprint density at radius 1 is 1.22 bits per heavy atom. The van der Waals surface area contributed by atoms with Gasteiger partial charge in [0.2, 0.25) is 0 Å². The molecule has 18 heavy (non-hydrogen) atoms. The maximum absolute atomic E-state index is 6.43. The molecule has 0 spiro atoms. The van der Waals surface area contributed by atoms with Crippen LogP contribution in [0.15, 0.2) is 0 Å². The average molecular weight is 254 g/mol. The van der Waals surface area contributed by atoms with Crippen LogP contribution in [0.3, 0.4) is 0 Å². The molecule has 1 saturated carbocycles. The Kier molecular flexibility index (Phi) is 6.13. The van der Waals surface area contributed by atoms with Crippen LogP contribution in [0, 0.1) is 17.3 Å². The van der Waals surface area contributed by atoms with E-state index in [2.05, 4.69) is 39.5 Å². The largest absolute Gasteiger partial charge is 0.327 e. The van der Waals surface area contributed by atoms with Crippen molar-refractivity contribution in [2.75, 3.05) is 19.6 Å². The first-order valence-electron chi connectivity index (χ1n) is 7.92. The van der Waals surface area contributed by atoms with E-state index in [0.29, 0.717) is 17.4 Å². The zero-order valence-corrected chi connectivity index (χ0v) is 13.2. The van der Waals surface area contributed by atoms with Gasteiger partial charge in [0.25, 0.3) is 0 Å². The molecule has 0 aliphatic heterocycles. The predicted molar refractivity (Wildman–Crippen MR) is 80.7 cm³/mol. The Morgan fingerprint density at radius 3 is 2.22 bits per heavy atom. The number of nitrogens with zero attached hydrogens (tertiary/aromatic N) is 1. The van der Waals surface area contributed by atoms with Crippen LogP contribution in [0.1, 0.15) is 60.3 Å². The zero-order chi connectivity index (χ0) is 13.8. The Bertz CT molecular complexity index is 233. The van der Waals surface area contributed by atoms with Crippen LogP contribution in [0.5, 0.6) is 0 Å². The lowest BCUT2D eigenvalue weighted by molar-refractivity contribution is 0.183. The molecule has 0 bridgehead atoms. The highest BCUT2D eigenvalue weighted by Gasteiger charge is 2.39. The lowest BCUT2D eigenvalue weighted by Gasteiger charge is -2.32. The summed E-state index contributed by atoms with van der Waals surface area (Å²) in [6.45, 7) is 15.2. The summed E-state index contributed by atoms with van der Waals surface area (Å²) in [6, 6.07) is 0.383. The maximum atomic E-state index is 6.43. The Balaban J connectivity index is 2.49. The summed E-state index contributed by atoms with van der Waals surface area (Å²) in [5.41, 5.74) is 6.78. The van der Waals surface area contributed by atoms with Gasteiger partial charge in [-0.15, -0.1) is 0 Å². The first-order chi connectivity index (χ1) is 8.44. The molecule has 1 aliphatic rings. The van der Waals surface area contributed by atoms with E-state index in [1.54, 1.807) is 0 Å². The number of hydrogen-bond donors (Lipinski definition) is 1. The van der Waals surface area contributed by atoms with Crippen LogP contribution in [0.2, 0.25) is 0 Å². The minimum Gasteiger partial charge on any atom is -0.327 e. The van der Waals surface area contributed by atoms with Crippen LogP contribution >= 0.6 is 0 Å². The molecular formula is C16H34N2. The normalized spacial score (nSPS) is 27.3. The van der Waals surface area contributed by atoms with Gasteiger partial charge in [-0.3, -0.25) is 0 Å². The molecule has 0 aromatic heterocycles. The first-order valence-corrected chi connectivity index (χ1v) is 7.92. The van der Waals surface area contributed by atoms with E-state index in [0.717, 1.165) is 5.92 Å². The lowest BCUT2D eigenvalue weighted by Crippen LogP contribution is -2.43. The number of nitrogens with two attached hydrogens (primary N) is 1. The molecule has 2 unspecified atom stereocenters. The van der Waals surface area contributed by atoms with Gasteiger partial charge in [-0.05, 0) is 36.6 Å². The molecule has 0 aromatic carbocycles. The smallest absolute Gasteiger partial charge is 0.0131 e. The minimum atomic E-state index is 0.346. The second-order valence-corrected chi connectivity index (χ2v) is 6.85. The Morgan fingerprint density at radius 2 is 1.83 bits per heavy atom. The third-order valence-electron chi connectivity index (χ3n) is 5.18. The van der Waals surface area contributed by atoms with Gasteiger partial charge in [0.05, 0.1) is 0 Å². The van der Waals surface area contributed by atoms with Crippen molar-refractivity contribution in [3.05, 3.63) is 0 Å². The van der Waals surface area contributed by atoms with Gasteiger partial charge < -0.3 is 10.6 Å². The summed E-state index contributed by atoms with van der Waals surface area (Å²) in [4.78, 5) is 2.63. The van der Waals surface area contributed by atoms with Gasteiger partial charge in [-0.25, -0.2) is 0 Å². The minimum absolute atomic E-state index is 0.346. The topological polar surface area (TPSA) is 29.3 Å². The molecule has 2 N–H and O–H groups in total. The lowest BCUT2D eigenvalue weighted by atomic mass is 9.85. The van der Waals surface area contributed by atoms with Crippen molar-refractivity contribution in [2.45, 2.75) is 66.3 Å². The molecule has 2 nitrogen and oxygen atoms in total. The second kappa shape index (κ2) is 6.91. The van der Waals surface area contributed by atoms with Crippen LogP contribution in [0.4, 0.5) is 0 Å². The highest BCUT2D eigenvalue weighted by molar-refractivity contribution is 4.95. The number of hydrogen-bond acceptors (Lipinski definition) is 2. The predicted octanol–water partition coefficient (Wildman–Crippen LogP) is 3.51. The van der Waals surface area contributed by atoms with Gasteiger partial charge in [-0.2, -0.15) is 0 Å². The third-order valence-corrected chi connectivity index (χ3v) is 5.18. The van der Waals surface area contributed by atoms with Gasteiger partial charge in [0.1, 0.15) is 0 Å². The van der Waals surface area contributed by atoms with Crippen LogP contribution in [-0.4, -0.2) is 30.6 Å². The molecule has 1 fully saturated rings. The van der Waals surface area contributed by atoms with E-state index >= 15 is 0 Å². The van der Waals surface area contributed by atoms with E-state index in [4.69, 9.17) is 5.73 Å². The monoisotopic (exact) mass is 254 g/mol. The van der Waals surface area contributed by atoms with Crippen molar-refractivity contribution in [3.63, 3.8) is 0 Å². The molecule has 2 atom stereocenters. The molecule has 0 saturated heterocycles. The Hall–Kier alpha value is -0.0800. The molecule has 1 aliphatic carbocycles. The fraction of sp³-hybridized carbons (Fsp3) is 1.00. The first kappa shape index (κ1) is 16.0. The molecular weight excluding hydrogens is 220 g/mol. The van der Waals surface area contributed by atoms with Crippen molar-refractivity contribution in [2.24, 2.45) is 23.0 Å². The van der Waals surface area contributed by atoms with Crippen LogP contribution < -0.4 is 5.73 Å². The highest BCUT2D eigenvalue weighted by atomic mass is 15.1. The number of rotatable bonds is 7. The Labute approximate surface area is 114 Å². The highest BCUT2D eigenvalue weighted by Crippen LogP contribution is 2.40. The van der Waals surface area contributed by atoms with Crippen LogP contribution in [0.25, 0.3) is 0 Å². The van der Waals surface area contributed by atoms with Crippen molar-refractivity contribution >= 4 is 0 Å². The second-order valence-electron chi connectivity index (χ2n) is 6.85. The summed E-state index contributed by atoms with van der Waals surface area (Å²) in [5, 5.41) is 0. The van der Waals surface area contributed by atoms with E-state index in [1.807, 2.05) is 0 Å². The van der Waals surface area contributed by atoms with Crippen molar-refractivity contribution in [1.29, 1.82) is 0 Å². The van der Waals surface area contributed by atoms with Crippen LogP contribution in [-0.2, 0) is 0 Å². The molecule has 0 heterocycles. The van der Waals surface area contributed by atoms with E-state index in [-0.39, 0.29) is 0 Å². The summed E-state index contributed by atoms with van der Waals surface area (Å²) in [6.07, 6.45) is 5.21. The molecule has 0 amide bonds. The molecule has 2 heteroatoms. The third kappa shape index (κ3) is 3.96. The van der Waals surface area contributed by atoms with Gasteiger partial charge in [-0.1, -0.05) is 47.5 Å². The zero-order valence-electron chi connectivity index (χ0n) is 13.2. The maximum Gasteiger partial charge on any atom is 0.0131 e. The molecule has 0 radical (unpaired) electrons. The summed E-state index contributed by atoms with van der Waals surface area (Å²) in [7, 11) is 0. The molecule has 1 rings (SSSR count). The summed E-state index contributed by atoms with van der Waals surface area (Å²) >= 11 is 0. The van der Waals surface area contributed by atoms with E-state index in [1.165, 1.54) is 45.3 Å². The molecule has 108 valence electrons. The van der Waals surface area contributed by atoms with E-state index in [9.17, 15) is 0 Å². The summed E-state index contributed by atoms with van der Waals surface area (Å²) < 4.78 is 0. The quantitative estimate of drug-likeness (QED) is 0.753. The fourth-order valence-corrected chi connectivity index (χ4v) is 3.32.